The average Bonchev–Trinajstić information content (AvgIpc) is 2.98. The number of nitrogens with zero attached hydrogens (tertiary/aromatic N) is 2. The average molecular weight is 428 g/mol. The maximum atomic E-state index is 13.2. The first-order chi connectivity index (χ1) is 14.8. The van der Waals surface area contributed by atoms with Gasteiger partial charge in [-0.25, -0.2) is 9.69 Å². The first-order valence-electron chi connectivity index (χ1n) is 10.1. The molecule has 0 unspecified atom stereocenters. The highest BCUT2D eigenvalue weighted by Crippen LogP contribution is 2.31. The monoisotopic (exact) mass is 427 g/mol. The largest absolute Gasteiger partial charge is 0.497 e. The van der Waals surface area contributed by atoms with Gasteiger partial charge in [-0.2, -0.15) is 0 Å². The summed E-state index contributed by atoms with van der Waals surface area (Å²) < 4.78 is 16.2. The predicted molar refractivity (Wildman–Crippen MR) is 116 cm³/mol. The fraction of sp³-hybridized carbons (Fsp3) is 0.391. The Bertz CT molecular complexity index is 964. The van der Waals surface area contributed by atoms with Gasteiger partial charge in [0.2, 0.25) is 0 Å². The van der Waals surface area contributed by atoms with Crippen molar-refractivity contribution in [3.8, 4) is 17.2 Å². The van der Waals surface area contributed by atoms with Crippen LogP contribution in [0.25, 0.3) is 0 Å². The maximum absolute atomic E-state index is 13.2. The molecule has 2 aromatic carbocycles. The van der Waals surface area contributed by atoms with E-state index < -0.39 is 11.6 Å². The van der Waals surface area contributed by atoms with Crippen LogP contribution < -0.4 is 19.5 Å². The standard InChI is InChI=1S/C23H29N3O5/c1-6-31-19-11-10-16(12-20(19)30-5)14-25(3)15-26-21(27)23(2,24-22(26)28)17-8-7-9-18(13-17)29-4/h7-13H,6,14-15H2,1-5H3,(H,24,28)/t23-/m1/s1. The summed E-state index contributed by atoms with van der Waals surface area (Å²) in [6.45, 7) is 4.85. The molecule has 1 atom stereocenters. The molecule has 1 heterocycles. The highest BCUT2D eigenvalue weighted by Gasteiger charge is 2.49. The van der Waals surface area contributed by atoms with E-state index in [4.69, 9.17) is 14.2 Å². The van der Waals surface area contributed by atoms with Crippen LogP contribution in [0.15, 0.2) is 42.5 Å². The number of nitrogens with one attached hydrogen (secondary N) is 1. The van der Waals surface area contributed by atoms with Crippen molar-refractivity contribution in [2.75, 3.05) is 34.5 Å². The first-order valence-corrected chi connectivity index (χ1v) is 10.1. The van der Waals surface area contributed by atoms with Crippen LogP contribution in [0.3, 0.4) is 0 Å². The third-order valence-electron chi connectivity index (χ3n) is 5.29. The second kappa shape index (κ2) is 9.26. The molecule has 0 saturated carbocycles. The van der Waals surface area contributed by atoms with E-state index in [2.05, 4.69) is 5.32 Å². The van der Waals surface area contributed by atoms with Crippen molar-refractivity contribution >= 4 is 11.9 Å². The van der Waals surface area contributed by atoms with E-state index in [9.17, 15) is 9.59 Å². The van der Waals surface area contributed by atoms with Gasteiger partial charge in [-0.15, -0.1) is 0 Å². The summed E-state index contributed by atoms with van der Waals surface area (Å²) in [5, 5.41) is 2.83. The van der Waals surface area contributed by atoms with Crippen LogP contribution in [0, 0.1) is 0 Å². The summed E-state index contributed by atoms with van der Waals surface area (Å²) >= 11 is 0. The number of imide groups is 1. The smallest absolute Gasteiger partial charge is 0.326 e. The molecule has 8 nitrogen and oxygen atoms in total. The molecule has 0 aliphatic carbocycles. The van der Waals surface area contributed by atoms with E-state index >= 15 is 0 Å². The second-order valence-electron chi connectivity index (χ2n) is 7.59. The number of carbonyl (C=O) groups is 2. The van der Waals surface area contributed by atoms with E-state index in [1.807, 2.05) is 37.1 Å². The van der Waals surface area contributed by atoms with Gasteiger partial charge in [0.25, 0.3) is 5.91 Å². The molecule has 1 N–H and O–H groups in total. The third-order valence-corrected chi connectivity index (χ3v) is 5.29. The van der Waals surface area contributed by atoms with Gasteiger partial charge >= 0.3 is 6.03 Å². The van der Waals surface area contributed by atoms with Gasteiger partial charge in [-0.1, -0.05) is 18.2 Å². The fourth-order valence-corrected chi connectivity index (χ4v) is 3.64. The number of hydrogen-bond donors (Lipinski definition) is 1. The van der Waals surface area contributed by atoms with Gasteiger partial charge in [0, 0.05) is 6.54 Å². The van der Waals surface area contributed by atoms with Gasteiger partial charge in [-0.05, 0) is 56.3 Å². The fourth-order valence-electron chi connectivity index (χ4n) is 3.64. The molecule has 2 aromatic rings. The Labute approximate surface area is 182 Å². The zero-order valence-electron chi connectivity index (χ0n) is 18.6. The number of carbonyl (C=O) groups excluding carboxylic acids is 2. The number of rotatable bonds is 9. The number of methoxy groups -OCH3 is 2. The molecular formula is C23H29N3O5. The molecule has 1 saturated heterocycles. The Hall–Kier alpha value is -3.26. The molecule has 8 heteroatoms. The van der Waals surface area contributed by atoms with Crippen molar-refractivity contribution in [1.82, 2.24) is 15.1 Å². The SMILES string of the molecule is CCOc1ccc(CN(C)CN2C(=O)N[C@](C)(c3cccc(OC)c3)C2=O)cc1OC. The van der Waals surface area contributed by atoms with E-state index in [0.717, 1.165) is 5.56 Å². The van der Waals surface area contributed by atoms with Gasteiger partial charge in [0.15, 0.2) is 11.5 Å². The van der Waals surface area contributed by atoms with Crippen molar-refractivity contribution in [2.45, 2.75) is 25.9 Å². The molecule has 3 rings (SSSR count). The zero-order valence-corrected chi connectivity index (χ0v) is 18.6. The van der Waals surface area contributed by atoms with Crippen molar-refractivity contribution in [2.24, 2.45) is 0 Å². The number of hydrogen-bond acceptors (Lipinski definition) is 6. The highest BCUT2D eigenvalue weighted by atomic mass is 16.5. The Morgan fingerprint density at radius 3 is 2.52 bits per heavy atom. The highest BCUT2D eigenvalue weighted by molar-refractivity contribution is 6.07. The van der Waals surface area contributed by atoms with Crippen molar-refractivity contribution in [3.63, 3.8) is 0 Å². The molecule has 166 valence electrons. The summed E-state index contributed by atoms with van der Waals surface area (Å²) in [7, 11) is 5.01. The van der Waals surface area contributed by atoms with E-state index in [1.165, 1.54) is 4.90 Å². The molecular weight excluding hydrogens is 398 g/mol. The van der Waals surface area contributed by atoms with Crippen LogP contribution in [0.1, 0.15) is 25.0 Å². The molecule has 3 amide bonds. The molecule has 0 bridgehead atoms. The summed E-state index contributed by atoms with van der Waals surface area (Å²) in [6, 6.07) is 12.4. The summed E-state index contributed by atoms with van der Waals surface area (Å²) in [5.41, 5.74) is 0.506. The lowest BCUT2D eigenvalue weighted by atomic mass is 9.92. The maximum Gasteiger partial charge on any atom is 0.326 e. The number of amides is 3. The van der Waals surface area contributed by atoms with E-state index in [1.54, 1.807) is 45.4 Å². The quantitative estimate of drug-likeness (QED) is 0.620. The van der Waals surface area contributed by atoms with E-state index in [0.29, 0.717) is 36.0 Å². The lowest BCUT2D eigenvalue weighted by Gasteiger charge is -2.25. The third kappa shape index (κ3) is 4.59. The summed E-state index contributed by atoms with van der Waals surface area (Å²) in [4.78, 5) is 28.9. The minimum atomic E-state index is -1.14. The van der Waals surface area contributed by atoms with Crippen LogP contribution in [-0.4, -0.2) is 56.3 Å². The van der Waals surface area contributed by atoms with Crippen LogP contribution in [0.4, 0.5) is 4.79 Å². The number of urea groups is 1. The van der Waals surface area contributed by atoms with Crippen LogP contribution in [0.2, 0.25) is 0 Å². The van der Waals surface area contributed by atoms with Crippen LogP contribution in [0.5, 0.6) is 17.2 Å². The second-order valence-corrected chi connectivity index (χ2v) is 7.59. The minimum Gasteiger partial charge on any atom is -0.497 e. The molecule has 1 fully saturated rings. The van der Waals surface area contributed by atoms with E-state index in [-0.39, 0.29) is 12.6 Å². The molecule has 0 spiro atoms. The minimum absolute atomic E-state index is 0.153. The number of benzene rings is 2. The molecule has 31 heavy (non-hydrogen) atoms. The van der Waals surface area contributed by atoms with Crippen molar-refractivity contribution in [3.05, 3.63) is 53.6 Å². The Balaban J connectivity index is 1.72. The lowest BCUT2D eigenvalue weighted by molar-refractivity contribution is -0.132. The normalized spacial score (nSPS) is 18.3. The topological polar surface area (TPSA) is 80.3 Å². The lowest BCUT2D eigenvalue weighted by Crippen LogP contribution is -2.42. The molecule has 1 aliphatic rings. The Kier molecular flexibility index (Phi) is 6.70. The predicted octanol–water partition coefficient (Wildman–Crippen LogP) is 2.96. The Morgan fingerprint density at radius 1 is 1.06 bits per heavy atom. The van der Waals surface area contributed by atoms with Crippen LogP contribution in [-0.2, 0) is 16.9 Å². The molecule has 1 aliphatic heterocycles. The summed E-state index contributed by atoms with van der Waals surface area (Å²) in [5.74, 6) is 1.65. The number of ether oxygens (including phenoxy) is 3. The summed E-state index contributed by atoms with van der Waals surface area (Å²) in [6.07, 6.45) is 0. The van der Waals surface area contributed by atoms with Gasteiger partial charge in [-0.3, -0.25) is 9.69 Å². The Morgan fingerprint density at radius 2 is 1.84 bits per heavy atom. The van der Waals surface area contributed by atoms with Crippen LogP contribution >= 0.6 is 0 Å². The van der Waals surface area contributed by atoms with Gasteiger partial charge in [0.1, 0.15) is 11.3 Å². The van der Waals surface area contributed by atoms with Gasteiger partial charge < -0.3 is 19.5 Å². The van der Waals surface area contributed by atoms with Crippen molar-refractivity contribution in [1.29, 1.82) is 0 Å². The zero-order chi connectivity index (χ0) is 22.6. The molecule has 0 aromatic heterocycles. The van der Waals surface area contributed by atoms with Crippen molar-refractivity contribution < 1.29 is 23.8 Å². The van der Waals surface area contributed by atoms with Gasteiger partial charge in [0.05, 0.1) is 27.5 Å². The first kappa shape index (κ1) is 22.4. The molecule has 0 radical (unpaired) electrons.